The van der Waals surface area contributed by atoms with Crippen LogP contribution < -0.4 is 10.6 Å². The molecule has 0 saturated carbocycles. The van der Waals surface area contributed by atoms with Crippen molar-refractivity contribution in [3.63, 3.8) is 0 Å². The van der Waals surface area contributed by atoms with Gasteiger partial charge in [-0.3, -0.25) is 9.59 Å². The number of carbonyl (C=O) groups is 2. The van der Waals surface area contributed by atoms with E-state index < -0.39 is 0 Å². The predicted molar refractivity (Wildman–Crippen MR) is 118 cm³/mol. The summed E-state index contributed by atoms with van der Waals surface area (Å²) in [5, 5.41) is 5.77. The van der Waals surface area contributed by atoms with Crippen LogP contribution in [0.5, 0.6) is 0 Å². The van der Waals surface area contributed by atoms with Crippen molar-refractivity contribution < 1.29 is 9.59 Å². The largest absolute Gasteiger partial charge is 0.350 e. The van der Waals surface area contributed by atoms with Crippen LogP contribution in [-0.4, -0.2) is 27.9 Å². The Morgan fingerprint density at radius 1 is 0.867 bits per heavy atom. The van der Waals surface area contributed by atoms with Gasteiger partial charge in [-0.15, -0.1) is 0 Å². The number of para-hydroxylation sites is 3. The Morgan fingerprint density at radius 2 is 1.57 bits per heavy atom. The molecule has 0 aliphatic rings. The fourth-order valence-electron chi connectivity index (χ4n) is 3.43. The monoisotopic (exact) mass is 398 g/mol. The quantitative estimate of drug-likeness (QED) is 0.515. The first-order valence-corrected chi connectivity index (χ1v) is 9.79. The highest BCUT2D eigenvalue weighted by Crippen LogP contribution is 2.17. The summed E-state index contributed by atoms with van der Waals surface area (Å²) in [7, 11) is 0. The fourth-order valence-corrected chi connectivity index (χ4v) is 3.43. The van der Waals surface area contributed by atoms with E-state index in [0.29, 0.717) is 29.9 Å². The Hall–Kier alpha value is -3.93. The van der Waals surface area contributed by atoms with Gasteiger partial charge in [0.2, 0.25) is 0 Å². The lowest BCUT2D eigenvalue weighted by Gasteiger charge is -2.12. The van der Waals surface area contributed by atoms with Gasteiger partial charge in [0.15, 0.2) is 0 Å². The third-order valence-corrected chi connectivity index (χ3v) is 4.92. The van der Waals surface area contributed by atoms with Gasteiger partial charge < -0.3 is 15.2 Å². The molecule has 2 N–H and O–H groups in total. The number of fused-ring (bicyclic) bond motifs is 1. The molecule has 0 spiro atoms. The first-order chi connectivity index (χ1) is 14.6. The highest BCUT2D eigenvalue weighted by Gasteiger charge is 2.14. The molecule has 150 valence electrons. The average Bonchev–Trinajstić information content (AvgIpc) is 3.10. The third-order valence-electron chi connectivity index (χ3n) is 4.92. The Kier molecular flexibility index (Phi) is 5.57. The van der Waals surface area contributed by atoms with E-state index >= 15 is 0 Å². The van der Waals surface area contributed by atoms with Gasteiger partial charge in [0, 0.05) is 18.7 Å². The molecular weight excluding hydrogens is 376 g/mol. The van der Waals surface area contributed by atoms with Crippen molar-refractivity contribution in [2.45, 2.75) is 13.5 Å². The molecule has 0 aliphatic heterocycles. The van der Waals surface area contributed by atoms with Crippen LogP contribution in [0.2, 0.25) is 0 Å². The molecule has 0 fully saturated rings. The molecule has 4 aromatic rings. The van der Waals surface area contributed by atoms with Crippen molar-refractivity contribution in [1.82, 2.24) is 14.9 Å². The van der Waals surface area contributed by atoms with Crippen LogP contribution in [0.25, 0.3) is 11.0 Å². The third kappa shape index (κ3) is 4.07. The average molecular weight is 398 g/mol. The van der Waals surface area contributed by atoms with Crippen LogP contribution in [0.4, 0.5) is 5.69 Å². The summed E-state index contributed by atoms with van der Waals surface area (Å²) in [4.78, 5) is 29.8. The van der Waals surface area contributed by atoms with Crippen LogP contribution in [-0.2, 0) is 6.54 Å². The minimum absolute atomic E-state index is 0.235. The number of amides is 2. The van der Waals surface area contributed by atoms with Gasteiger partial charge in [0.05, 0.1) is 22.3 Å². The zero-order valence-corrected chi connectivity index (χ0v) is 16.6. The van der Waals surface area contributed by atoms with Crippen LogP contribution in [0.3, 0.4) is 0 Å². The van der Waals surface area contributed by atoms with E-state index in [1.54, 1.807) is 48.5 Å². The Bertz CT molecular complexity index is 1200. The molecule has 6 nitrogen and oxygen atoms in total. The van der Waals surface area contributed by atoms with E-state index in [1.165, 1.54) is 0 Å². The predicted octanol–water partition coefficient (Wildman–Crippen LogP) is 4.03. The lowest BCUT2D eigenvalue weighted by atomic mass is 10.1. The van der Waals surface area contributed by atoms with Crippen molar-refractivity contribution in [3.8, 4) is 0 Å². The molecule has 1 aromatic heterocycles. The van der Waals surface area contributed by atoms with Gasteiger partial charge in [0.25, 0.3) is 11.8 Å². The molecule has 0 unspecified atom stereocenters. The maximum atomic E-state index is 12.8. The lowest BCUT2D eigenvalue weighted by molar-refractivity contribution is 0.0953. The van der Waals surface area contributed by atoms with Gasteiger partial charge in [-0.2, -0.15) is 0 Å². The molecule has 1 heterocycles. The van der Waals surface area contributed by atoms with E-state index in [9.17, 15) is 9.59 Å². The molecule has 0 atom stereocenters. The minimum Gasteiger partial charge on any atom is -0.350 e. The van der Waals surface area contributed by atoms with Crippen LogP contribution >= 0.6 is 0 Å². The number of aromatic nitrogens is 2. The maximum absolute atomic E-state index is 12.8. The number of anilines is 1. The van der Waals surface area contributed by atoms with E-state index in [4.69, 9.17) is 0 Å². The number of hydrogen-bond donors (Lipinski definition) is 2. The molecule has 0 aliphatic carbocycles. The summed E-state index contributed by atoms with van der Waals surface area (Å²) >= 11 is 0. The van der Waals surface area contributed by atoms with E-state index in [1.807, 2.05) is 37.3 Å². The number of carbonyl (C=O) groups excluding carboxylic acids is 2. The number of rotatable bonds is 6. The summed E-state index contributed by atoms with van der Waals surface area (Å²) in [5.74, 6) is 0.415. The Labute approximate surface area is 174 Å². The van der Waals surface area contributed by atoms with E-state index in [2.05, 4.69) is 20.2 Å². The number of imidazole rings is 1. The summed E-state index contributed by atoms with van der Waals surface area (Å²) in [6.07, 6.45) is 0. The van der Waals surface area contributed by atoms with Crippen molar-refractivity contribution >= 4 is 28.5 Å². The first-order valence-electron chi connectivity index (χ1n) is 9.79. The molecule has 0 bridgehead atoms. The standard InChI is InChI=1S/C24H22N4O2/c1-17-26-21-13-7-8-14-22(21)28(17)16-15-25-24(30)19-11-5-6-12-20(19)27-23(29)18-9-3-2-4-10-18/h2-14H,15-16H2,1H3,(H,25,30)(H,27,29). The summed E-state index contributed by atoms with van der Waals surface area (Å²) in [5.41, 5.74) is 3.42. The number of aryl methyl sites for hydroxylation is 1. The second-order valence-corrected chi connectivity index (χ2v) is 6.92. The summed E-state index contributed by atoms with van der Waals surface area (Å²) in [6.45, 7) is 3.01. The maximum Gasteiger partial charge on any atom is 0.255 e. The zero-order chi connectivity index (χ0) is 20.9. The molecule has 30 heavy (non-hydrogen) atoms. The minimum atomic E-state index is -0.253. The molecule has 6 heteroatoms. The lowest BCUT2D eigenvalue weighted by Crippen LogP contribution is -2.28. The van der Waals surface area contributed by atoms with Crippen LogP contribution in [0, 0.1) is 6.92 Å². The topological polar surface area (TPSA) is 76.0 Å². The molecule has 2 amide bonds. The van der Waals surface area contributed by atoms with E-state index in [0.717, 1.165) is 16.9 Å². The second-order valence-electron chi connectivity index (χ2n) is 6.92. The molecule has 0 saturated heterocycles. The highest BCUT2D eigenvalue weighted by atomic mass is 16.2. The normalized spacial score (nSPS) is 10.7. The van der Waals surface area contributed by atoms with Gasteiger partial charge in [-0.1, -0.05) is 42.5 Å². The fraction of sp³-hybridized carbons (Fsp3) is 0.125. The first kappa shape index (κ1) is 19.4. The van der Waals surface area contributed by atoms with Gasteiger partial charge >= 0.3 is 0 Å². The zero-order valence-electron chi connectivity index (χ0n) is 16.6. The van der Waals surface area contributed by atoms with E-state index in [-0.39, 0.29) is 11.8 Å². The van der Waals surface area contributed by atoms with Gasteiger partial charge in [0.1, 0.15) is 5.82 Å². The Balaban J connectivity index is 1.44. The number of benzene rings is 3. The number of hydrogen-bond acceptors (Lipinski definition) is 3. The van der Waals surface area contributed by atoms with Crippen molar-refractivity contribution in [2.24, 2.45) is 0 Å². The molecule has 3 aromatic carbocycles. The molecule has 4 rings (SSSR count). The molecular formula is C24H22N4O2. The second kappa shape index (κ2) is 8.61. The van der Waals surface area contributed by atoms with Crippen molar-refractivity contribution in [2.75, 3.05) is 11.9 Å². The summed E-state index contributed by atoms with van der Waals surface area (Å²) < 4.78 is 2.08. The Morgan fingerprint density at radius 3 is 2.40 bits per heavy atom. The molecule has 0 radical (unpaired) electrons. The summed E-state index contributed by atoms with van der Waals surface area (Å²) in [6, 6.07) is 23.8. The number of nitrogens with zero attached hydrogens (tertiary/aromatic N) is 2. The highest BCUT2D eigenvalue weighted by molar-refractivity contribution is 6.08. The van der Waals surface area contributed by atoms with Crippen LogP contribution in [0.1, 0.15) is 26.5 Å². The van der Waals surface area contributed by atoms with Gasteiger partial charge in [-0.25, -0.2) is 4.98 Å². The van der Waals surface area contributed by atoms with Crippen LogP contribution in [0.15, 0.2) is 78.9 Å². The number of nitrogens with one attached hydrogen (secondary N) is 2. The van der Waals surface area contributed by atoms with Crippen molar-refractivity contribution in [3.05, 3.63) is 95.8 Å². The SMILES string of the molecule is Cc1nc2ccccc2n1CCNC(=O)c1ccccc1NC(=O)c1ccccc1. The van der Waals surface area contributed by atoms with Gasteiger partial charge in [-0.05, 0) is 43.3 Å². The smallest absolute Gasteiger partial charge is 0.255 e. The van der Waals surface area contributed by atoms with Crippen molar-refractivity contribution in [1.29, 1.82) is 0 Å².